The molecule has 0 aliphatic heterocycles. The van der Waals surface area contributed by atoms with Gasteiger partial charge in [0.15, 0.2) is 5.82 Å². The Balaban J connectivity index is 2.57. The number of aryl methyl sites for hydroxylation is 1. The van der Waals surface area contributed by atoms with Gasteiger partial charge in [0.05, 0.1) is 0 Å². The summed E-state index contributed by atoms with van der Waals surface area (Å²) in [6.45, 7) is 1.85. The van der Waals surface area contributed by atoms with E-state index in [4.69, 9.17) is 28.9 Å². The molecule has 0 atom stereocenters. The van der Waals surface area contributed by atoms with Gasteiger partial charge in [-0.3, -0.25) is 0 Å². The molecule has 1 heterocycles. The lowest BCUT2D eigenvalue weighted by Crippen LogP contribution is -1.97. The fraction of sp³-hybridized carbons (Fsp3) is 0.0909. The van der Waals surface area contributed by atoms with E-state index < -0.39 is 0 Å². The number of halogens is 2. The molecule has 1 aromatic heterocycles. The van der Waals surface area contributed by atoms with Crippen LogP contribution in [0, 0.1) is 6.92 Å². The fourth-order valence-corrected chi connectivity index (χ4v) is 1.93. The van der Waals surface area contributed by atoms with Crippen molar-refractivity contribution in [3.05, 3.63) is 40.0 Å². The van der Waals surface area contributed by atoms with Gasteiger partial charge in [-0.15, -0.1) is 0 Å². The summed E-state index contributed by atoms with van der Waals surface area (Å²) in [6, 6.07) is 6.87. The number of aromatic nitrogens is 2. The highest BCUT2D eigenvalue weighted by Gasteiger charge is 2.05. The second kappa shape index (κ2) is 4.28. The first-order valence-corrected chi connectivity index (χ1v) is 5.38. The Kier molecular flexibility index (Phi) is 2.99. The third-order valence-corrected chi connectivity index (χ3v) is 2.43. The summed E-state index contributed by atoms with van der Waals surface area (Å²) in [5.41, 5.74) is 7.22. The minimum absolute atomic E-state index is 0.429. The largest absolute Gasteiger partial charge is 0.384 e. The van der Waals surface area contributed by atoms with Gasteiger partial charge in [-0.05, 0) is 25.1 Å². The van der Waals surface area contributed by atoms with Crippen LogP contribution in [0.5, 0.6) is 0 Å². The molecule has 16 heavy (non-hydrogen) atoms. The van der Waals surface area contributed by atoms with Gasteiger partial charge in [0.25, 0.3) is 0 Å². The van der Waals surface area contributed by atoms with Crippen LogP contribution in [-0.2, 0) is 0 Å². The summed E-state index contributed by atoms with van der Waals surface area (Å²) in [5.74, 6) is 0.959. The van der Waals surface area contributed by atoms with Crippen molar-refractivity contribution in [3.63, 3.8) is 0 Å². The minimum atomic E-state index is 0.429. The molecule has 0 radical (unpaired) electrons. The van der Waals surface area contributed by atoms with Crippen molar-refractivity contribution >= 4 is 29.0 Å². The number of hydrogen-bond donors (Lipinski definition) is 1. The van der Waals surface area contributed by atoms with Crippen molar-refractivity contribution in [2.24, 2.45) is 0 Å². The minimum Gasteiger partial charge on any atom is -0.384 e. The van der Waals surface area contributed by atoms with Crippen LogP contribution in [-0.4, -0.2) is 9.97 Å². The topological polar surface area (TPSA) is 51.8 Å². The molecule has 0 spiro atoms. The van der Waals surface area contributed by atoms with E-state index in [0.717, 1.165) is 11.3 Å². The van der Waals surface area contributed by atoms with Crippen LogP contribution in [0.15, 0.2) is 24.3 Å². The predicted octanol–water partition coefficient (Wildman–Crippen LogP) is 3.34. The first kappa shape index (κ1) is 11.2. The molecule has 3 nitrogen and oxygen atoms in total. The molecule has 5 heteroatoms. The van der Waals surface area contributed by atoms with E-state index >= 15 is 0 Å². The summed E-state index contributed by atoms with van der Waals surface area (Å²) in [7, 11) is 0. The van der Waals surface area contributed by atoms with E-state index in [2.05, 4.69) is 9.97 Å². The van der Waals surface area contributed by atoms with Crippen molar-refractivity contribution in [1.82, 2.24) is 9.97 Å². The van der Waals surface area contributed by atoms with Crippen LogP contribution in [0.4, 0.5) is 5.82 Å². The zero-order valence-corrected chi connectivity index (χ0v) is 10.0. The molecule has 0 aliphatic rings. The highest BCUT2D eigenvalue weighted by molar-refractivity contribution is 6.35. The van der Waals surface area contributed by atoms with Gasteiger partial charge < -0.3 is 5.73 Å². The Morgan fingerprint density at radius 1 is 1.00 bits per heavy atom. The molecule has 82 valence electrons. The standard InChI is InChI=1S/C11H9Cl2N3/c1-6-2-10(14)16-11(15-6)7-3-8(12)5-9(13)4-7/h2-5H,1H3,(H2,14,15,16). The quantitative estimate of drug-likeness (QED) is 0.849. The van der Waals surface area contributed by atoms with Crippen LogP contribution >= 0.6 is 23.2 Å². The van der Waals surface area contributed by atoms with Crippen molar-refractivity contribution < 1.29 is 0 Å². The van der Waals surface area contributed by atoms with Crippen LogP contribution in [0.25, 0.3) is 11.4 Å². The maximum atomic E-state index is 5.91. The van der Waals surface area contributed by atoms with Gasteiger partial charge in [0, 0.05) is 27.4 Å². The lowest BCUT2D eigenvalue weighted by atomic mass is 10.2. The van der Waals surface area contributed by atoms with Crippen LogP contribution in [0.2, 0.25) is 10.0 Å². The highest BCUT2D eigenvalue weighted by atomic mass is 35.5. The Morgan fingerprint density at radius 2 is 1.62 bits per heavy atom. The summed E-state index contributed by atoms with van der Waals surface area (Å²) < 4.78 is 0. The van der Waals surface area contributed by atoms with Crippen molar-refractivity contribution in [2.45, 2.75) is 6.92 Å². The Labute approximate surface area is 103 Å². The number of rotatable bonds is 1. The zero-order chi connectivity index (χ0) is 11.7. The number of hydrogen-bond acceptors (Lipinski definition) is 3. The maximum Gasteiger partial charge on any atom is 0.161 e. The molecule has 0 amide bonds. The molecule has 0 fully saturated rings. The molecular weight excluding hydrogens is 245 g/mol. The number of anilines is 1. The van der Waals surface area contributed by atoms with Crippen molar-refractivity contribution in [2.75, 3.05) is 5.73 Å². The van der Waals surface area contributed by atoms with E-state index in [-0.39, 0.29) is 0 Å². The van der Waals surface area contributed by atoms with Crippen molar-refractivity contribution in [3.8, 4) is 11.4 Å². The summed E-state index contributed by atoms with van der Waals surface area (Å²) in [5, 5.41) is 1.09. The lowest BCUT2D eigenvalue weighted by molar-refractivity contribution is 1.12. The van der Waals surface area contributed by atoms with E-state index in [1.54, 1.807) is 24.3 Å². The second-order valence-electron chi connectivity index (χ2n) is 3.42. The second-order valence-corrected chi connectivity index (χ2v) is 4.29. The van der Waals surface area contributed by atoms with Gasteiger partial charge in [0.1, 0.15) is 5.82 Å². The Hall–Kier alpha value is -1.32. The predicted molar refractivity (Wildman–Crippen MR) is 66.6 cm³/mol. The molecule has 2 N–H and O–H groups in total. The lowest BCUT2D eigenvalue weighted by Gasteiger charge is -2.04. The normalized spacial score (nSPS) is 10.4. The Morgan fingerprint density at radius 3 is 2.19 bits per heavy atom. The fourth-order valence-electron chi connectivity index (χ4n) is 1.40. The SMILES string of the molecule is Cc1cc(N)nc(-c2cc(Cl)cc(Cl)c2)n1. The molecule has 0 bridgehead atoms. The van der Waals surface area contributed by atoms with E-state index in [0.29, 0.717) is 21.7 Å². The number of benzene rings is 1. The average molecular weight is 254 g/mol. The van der Waals surface area contributed by atoms with E-state index in [9.17, 15) is 0 Å². The third-order valence-electron chi connectivity index (χ3n) is 1.99. The van der Waals surface area contributed by atoms with Gasteiger partial charge in [-0.1, -0.05) is 23.2 Å². The Bertz CT molecular complexity index is 451. The van der Waals surface area contributed by atoms with Crippen molar-refractivity contribution in [1.29, 1.82) is 0 Å². The number of nitrogens with two attached hydrogens (primary N) is 1. The van der Waals surface area contributed by atoms with E-state index in [1.165, 1.54) is 0 Å². The molecular formula is C11H9Cl2N3. The zero-order valence-electron chi connectivity index (χ0n) is 8.54. The molecule has 0 saturated carbocycles. The molecule has 1 aromatic carbocycles. The van der Waals surface area contributed by atoms with Gasteiger partial charge in [-0.25, -0.2) is 9.97 Å². The number of nitrogens with zero attached hydrogens (tertiary/aromatic N) is 2. The summed E-state index contributed by atoms with van der Waals surface area (Å²) in [4.78, 5) is 8.41. The molecule has 0 unspecified atom stereocenters. The smallest absolute Gasteiger partial charge is 0.161 e. The number of nitrogen functional groups attached to an aromatic ring is 1. The maximum absolute atomic E-state index is 5.91. The van der Waals surface area contributed by atoms with Crippen LogP contribution in [0.3, 0.4) is 0 Å². The van der Waals surface area contributed by atoms with Crippen LogP contribution < -0.4 is 5.73 Å². The summed E-state index contributed by atoms with van der Waals surface area (Å²) >= 11 is 11.8. The van der Waals surface area contributed by atoms with Crippen LogP contribution in [0.1, 0.15) is 5.69 Å². The average Bonchev–Trinajstić information content (AvgIpc) is 2.14. The third kappa shape index (κ3) is 2.43. The highest BCUT2D eigenvalue weighted by Crippen LogP contribution is 2.25. The molecule has 2 rings (SSSR count). The molecule has 0 aliphatic carbocycles. The molecule has 2 aromatic rings. The summed E-state index contributed by atoms with van der Waals surface area (Å²) in [6.07, 6.45) is 0. The van der Waals surface area contributed by atoms with E-state index in [1.807, 2.05) is 6.92 Å². The van der Waals surface area contributed by atoms with Gasteiger partial charge in [0.2, 0.25) is 0 Å². The molecule has 0 saturated heterocycles. The van der Waals surface area contributed by atoms with Gasteiger partial charge in [-0.2, -0.15) is 0 Å². The first-order valence-electron chi connectivity index (χ1n) is 4.62. The monoisotopic (exact) mass is 253 g/mol. The first-order chi connectivity index (χ1) is 7.54. The van der Waals surface area contributed by atoms with Gasteiger partial charge >= 0.3 is 0 Å².